The van der Waals surface area contributed by atoms with Gasteiger partial charge in [0.1, 0.15) is 0 Å². The fourth-order valence-electron chi connectivity index (χ4n) is 1.58. The maximum Gasteiger partial charge on any atom is 0.264 e. The smallest absolute Gasteiger partial charge is 0.264 e. The average molecular weight is 278 g/mol. The summed E-state index contributed by atoms with van der Waals surface area (Å²) in [6.07, 6.45) is 1.49. The molecule has 1 N–H and O–H groups in total. The molecule has 2 rings (SSSR count). The fourth-order valence-corrected chi connectivity index (χ4v) is 2.85. The van der Waals surface area contributed by atoms with Crippen LogP contribution >= 0.6 is 0 Å². The minimum atomic E-state index is -3.72. The number of anilines is 1. The summed E-state index contributed by atoms with van der Waals surface area (Å²) in [5.41, 5.74) is 1.85. The molecule has 0 aliphatic carbocycles. The van der Waals surface area contributed by atoms with Crippen LogP contribution in [0.1, 0.15) is 16.8 Å². The maximum absolute atomic E-state index is 12.3. The molecule has 19 heavy (non-hydrogen) atoms. The molecule has 0 amide bonds. The van der Waals surface area contributed by atoms with Crippen LogP contribution in [-0.2, 0) is 10.0 Å². The topological polar surface area (TPSA) is 72.2 Å². The van der Waals surface area contributed by atoms with Gasteiger partial charge < -0.3 is 4.52 Å². The first-order chi connectivity index (χ1) is 8.95. The van der Waals surface area contributed by atoms with Crippen molar-refractivity contribution in [2.45, 2.75) is 18.7 Å². The molecule has 0 aliphatic rings. The van der Waals surface area contributed by atoms with E-state index in [0.717, 1.165) is 0 Å². The summed E-state index contributed by atoms with van der Waals surface area (Å²) in [6.45, 7) is 7.09. The van der Waals surface area contributed by atoms with E-state index < -0.39 is 10.0 Å². The van der Waals surface area contributed by atoms with Crippen molar-refractivity contribution in [2.24, 2.45) is 0 Å². The normalized spacial score (nSPS) is 11.3. The fraction of sp³-hybridized carbons (Fsp3) is 0.154. The lowest BCUT2D eigenvalue weighted by atomic mass is 10.2. The lowest BCUT2D eigenvalue weighted by Gasteiger charge is -2.08. The largest absolute Gasteiger partial charge is 0.337 e. The Labute approximate surface area is 112 Å². The summed E-state index contributed by atoms with van der Waals surface area (Å²) in [7, 11) is -3.72. The number of aromatic nitrogens is 1. The number of sulfonamides is 1. The second kappa shape index (κ2) is 4.89. The second-order valence-electron chi connectivity index (χ2n) is 4.07. The number of benzene rings is 1. The number of rotatable bonds is 4. The van der Waals surface area contributed by atoms with E-state index in [1.165, 1.54) is 12.1 Å². The van der Waals surface area contributed by atoms with Crippen molar-refractivity contribution < 1.29 is 12.9 Å². The number of hydrogen-bond acceptors (Lipinski definition) is 4. The third kappa shape index (κ3) is 2.53. The van der Waals surface area contributed by atoms with E-state index in [0.29, 0.717) is 16.8 Å². The molecular formula is C13H14N2O3S. The first-order valence-corrected chi connectivity index (χ1v) is 7.11. The van der Waals surface area contributed by atoms with Crippen molar-refractivity contribution in [3.63, 3.8) is 0 Å². The molecule has 0 spiro atoms. The number of hydrogen-bond donors (Lipinski definition) is 1. The lowest BCUT2D eigenvalue weighted by molar-refractivity contribution is 0.430. The molecule has 2 aromatic rings. The van der Waals surface area contributed by atoms with Gasteiger partial charge in [-0.1, -0.05) is 36.0 Å². The maximum atomic E-state index is 12.3. The van der Waals surface area contributed by atoms with Crippen LogP contribution in [0, 0.1) is 13.8 Å². The molecule has 0 fully saturated rings. The quantitative estimate of drug-likeness (QED) is 0.933. The summed E-state index contributed by atoms with van der Waals surface area (Å²) in [6, 6.07) is 6.60. The predicted octanol–water partition coefficient (Wildman–Crippen LogP) is 2.74. The monoisotopic (exact) mass is 278 g/mol. The van der Waals surface area contributed by atoms with E-state index in [4.69, 9.17) is 4.52 Å². The molecule has 0 bridgehead atoms. The molecule has 5 nitrogen and oxygen atoms in total. The van der Waals surface area contributed by atoms with Crippen molar-refractivity contribution in [3.05, 3.63) is 47.7 Å². The molecule has 1 heterocycles. The van der Waals surface area contributed by atoms with E-state index >= 15 is 0 Å². The van der Waals surface area contributed by atoms with Gasteiger partial charge in [0.25, 0.3) is 10.0 Å². The Morgan fingerprint density at radius 2 is 2.00 bits per heavy atom. The van der Waals surface area contributed by atoms with Gasteiger partial charge in [0, 0.05) is 5.56 Å². The van der Waals surface area contributed by atoms with Gasteiger partial charge in [-0.15, -0.1) is 0 Å². The molecule has 100 valence electrons. The Bertz CT molecular complexity index is 717. The van der Waals surface area contributed by atoms with Crippen molar-refractivity contribution >= 4 is 22.0 Å². The van der Waals surface area contributed by atoms with Gasteiger partial charge in [-0.2, -0.15) is 0 Å². The molecule has 0 saturated carbocycles. The zero-order valence-corrected chi connectivity index (χ0v) is 11.5. The summed E-state index contributed by atoms with van der Waals surface area (Å²) in [5, 5.41) is 3.71. The SMILES string of the molecule is C=Cc1ccccc1S(=O)(=O)Nc1onc(C)c1C. The molecule has 1 aromatic carbocycles. The second-order valence-corrected chi connectivity index (χ2v) is 5.72. The molecule has 6 heteroatoms. The molecule has 0 saturated heterocycles. The summed E-state index contributed by atoms with van der Waals surface area (Å²) in [5.74, 6) is 0.136. The Morgan fingerprint density at radius 3 is 2.58 bits per heavy atom. The van der Waals surface area contributed by atoms with Crippen molar-refractivity contribution in [3.8, 4) is 0 Å². The van der Waals surface area contributed by atoms with Crippen LogP contribution in [0.25, 0.3) is 6.08 Å². The van der Waals surface area contributed by atoms with Crippen LogP contribution in [0.4, 0.5) is 5.88 Å². The minimum Gasteiger partial charge on any atom is -0.337 e. The van der Waals surface area contributed by atoms with Crippen molar-refractivity contribution in [1.29, 1.82) is 0 Å². The number of aryl methyl sites for hydroxylation is 1. The Kier molecular flexibility index (Phi) is 3.44. The number of nitrogens with zero attached hydrogens (tertiary/aromatic N) is 1. The van der Waals surface area contributed by atoms with Gasteiger partial charge in [0.15, 0.2) is 0 Å². The van der Waals surface area contributed by atoms with Crippen LogP contribution in [-0.4, -0.2) is 13.6 Å². The highest BCUT2D eigenvalue weighted by Gasteiger charge is 2.20. The van der Waals surface area contributed by atoms with Gasteiger partial charge in [-0.25, -0.2) is 13.1 Å². The molecule has 0 atom stereocenters. The third-order valence-corrected chi connectivity index (χ3v) is 4.22. The highest BCUT2D eigenvalue weighted by atomic mass is 32.2. The Balaban J connectivity index is 2.43. The third-order valence-electron chi connectivity index (χ3n) is 2.81. The van der Waals surface area contributed by atoms with Crippen LogP contribution in [0.5, 0.6) is 0 Å². The van der Waals surface area contributed by atoms with E-state index in [1.807, 2.05) is 0 Å². The van der Waals surface area contributed by atoms with Crippen molar-refractivity contribution in [2.75, 3.05) is 4.72 Å². The standard InChI is InChI=1S/C13H14N2O3S/c1-4-11-7-5-6-8-12(11)19(16,17)15-13-9(2)10(3)14-18-13/h4-8,15H,1H2,2-3H3. The highest BCUT2D eigenvalue weighted by molar-refractivity contribution is 7.92. The van der Waals surface area contributed by atoms with Gasteiger partial charge >= 0.3 is 0 Å². The van der Waals surface area contributed by atoms with E-state index in [-0.39, 0.29) is 10.8 Å². The van der Waals surface area contributed by atoms with Crippen LogP contribution in [0.15, 0.2) is 40.3 Å². The molecule has 1 aromatic heterocycles. The van der Waals surface area contributed by atoms with Crippen LogP contribution < -0.4 is 4.72 Å². The van der Waals surface area contributed by atoms with Gasteiger partial charge in [-0.05, 0) is 25.5 Å². The predicted molar refractivity (Wildman–Crippen MR) is 73.3 cm³/mol. The molecule has 0 unspecified atom stereocenters. The van der Waals surface area contributed by atoms with Gasteiger partial charge in [-0.3, -0.25) is 0 Å². The number of nitrogens with one attached hydrogen (secondary N) is 1. The van der Waals surface area contributed by atoms with E-state index in [2.05, 4.69) is 16.5 Å². The van der Waals surface area contributed by atoms with Gasteiger partial charge in [0.05, 0.1) is 10.6 Å². The summed E-state index contributed by atoms with van der Waals surface area (Å²) in [4.78, 5) is 0.151. The minimum absolute atomic E-state index is 0.136. The zero-order valence-electron chi connectivity index (χ0n) is 10.7. The Morgan fingerprint density at radius 1 is 1.32 bits per heavy atom. The lowest BCUT2D eigenvalue weighted by Crippen LogP contribution is -2.14. The zero-order chi connectivity index (χ0) is 14.0. The van der Waals surface area contributed by atoms with Crippen molar-refractivity contribution in [1.82, 2.24) is 5.16 Å². The van der Waals surface area contributed by atoms with Crippen LogP contribution in [0.2, 0.25) is 0 Å². The van der Waals surface area contributed by atoms with E-state index in [1.54, 1.807) is 32.0 Å². The molecule has 0 radical (unpaired) electrons. The summed E-state index contributed by atoms with van der Waals surface area (Å²) < 4.78 is 31.9. The molecule has 0 aliphatic heterocycles. The average Bonchev–Trinajstić information content (AvgIpc) is 2.70. The highest BCUT2D eigenvalue weighted by Crippen LogP contribution is 2.23. The van der Waals surface area contributed by atoms with Gasteiger partial charge in [0.2, 0.25) is 5.88 Å². The Hall–Kier alpha value is -2.08. The van der Waals surface area contributed by atoms with Crippen LogP contribution in [0.3, 0.4) is 0 Å². The first kappa shape index (κ1) is 13.4. The van der Waals surface area contributed by atoms with E-state index in [9.17, 15) is 8.42 Å². The summed E-state index contributed by atoms with van der Waals surface area (Å²) >= 11 is 0. The first-order valence-electron chi connectivity index (χ1n) is 5.63. The molecular weight excluding hydrogens is 264 g/mol.